The number of benzene rings is 1. The SMILES string of the molecule is C[C@@H]1CCC[C@H](C)N1CCc1nc2ccc(N)cc2[nH]1. The van der Waals surface area contributed by atoms with Crippen LogP contribution in [-0.2, 0) is 6.42 Å². The van der Waals surface area contributed by atoms with Gasteiger partial charge in [-0.3, -0.25) is 4.90 Å². The molecule has 1 aliphatic heterocycles. The van der Waals surface area contributed by atoms with E-state index in [2.05, 4.69) is 28.7 Å². The van der Waals surface area contributed by atoms with Crippen LogP contribution in [-0.4, -0.2) is 33.5 Å². The highest BCUT2D eigenvalue weighted by atomic mass is 15.2. The molecule has 0 amide bonds. The molecule has 0 saturated carbocycles. The van der Waals surface area contributed by atoms with E-state index >= 15 is 0 Å². The van der Waals surface area contributed by atoms with Crippen molar-refractivity contribution in [2.24, 2.45) is 0 Å². The van der Waals surface area contributed by atoms with Crippen LogP contribution in [0.1, 0.15) is 38.9 Å². The molecule has 4 nitrogen and oxygen atoms in total. The maximum Gasteiger partial charge on any atom is 0.108 e. The number of rotatable bonds is 3. The summed E-state index contributed by atoms with van der Waals surface area (Å²) in [6, 6.07) is 7.23. The largest absolute Gasteiger partial charge is 0.399 e. The topological polar surface area (TPSA) is 57.9 Å². The highest BCUT2D eigenvalue weighted by Crippen LogP contribution is 2.23. The lowest BCUT2D eigenvalue weighted by atomic mass is 9.97. The molecule has 0 radical (unpaired) electrons. The Balaban J connectivity index is 1.70. The highest BCUT2D eigenvalue weighted by molar-refractivity contribution is 5.78. The minimum atomic E-state index is 0.693. The van der Waals surface area contributed by atoms with Crippen LogP contribution in [0.2, 0.25) is 0 Å². The number of hydrogen-bond acceptors (Lipinski definition) is 3. The van der Waals surface area contributed by atoms with Crippen molar-refractivity contribution < 1.29 is 0 Å². The number of fused-ring (bicyclic) bond motifs is 1. The smallest absolute Gasteiger partial charge is 0.108 e. The first-order valence-electron chi connectivity index (χ1n) is 7.63. The number of hydrogen-bond donors (Lipinski definition) is 2. The van der Waals surface area contributed by atoms with E-state index in [9.17, 15) is 0 Å². The second-order valence-corrected chi connectivity index (χ2v) is 6.08. The molecule has 0 unspecified atom stereocenters. The first-order chi connectivity index (χ1) is 9.63. The summed E-state index contributed by atoms with van der Waals surface area (Å²) >= 11 is 0. The Bertz CT molecular complexity index is 579. The summed E-state index contributed by atoms with van der Waals surface area (Å²) in [4.78, 5) is 10.7. The van der Waals surface area contributed by atoms with Crippen molar-refractivity contribution >= 4 is 16.7 Å². The Labute approximate surface area is 120 Å². The zero-order valence-electron chi connectivity index (χ0n) is 12.4. The highest BCUT2D eigenvalue weighted by Gasteiger charge is 2.24. The fourth-order valence-electron chi connectivity index (χ4n) is 3.35. The van der Waals surface area contributed by atoms with E-state index < -0.39 is 0 Å². The van der Waals surface area contributed by atoms with Gasteiger partial charge in [-0.05, 0) is 44.9 Å². The molecule has 0 spiro atoms. The Morgan fingerprint density at radius 3 is 2.80 bits per heavy atom. The van der Waals surface area contributed by atoms with Crippen molar-refractivity contribution in [3.05, 3.63) is 24.0 Å². The predicted molar refractivity (Wildman–Crippen MR) is 83.7 cm³/mol. The molecule has 3 rings (SSSR count). The molecule has 2 heterocycles. The summed E-state index contributed by atoms with van der Waals surface area (Å²) in [6.07, 6.45) is 4.98. The predicted octanol–water partition coefficient (Wildman–Crippen LogP) is 2.95. The molecule has 108 valence electrons. The zero-order valence-corrected chi connectivity index (χ0v) is 12.4. The molecule has 0 aliphatic carbocycles. The minimum Gasteiger partial charge on any atom is -0.399 e. The van der Waals surface area contributed by atoms with Crippen LogP contribution in [0.25, 0.3) is 11.0 Å². The molecule has 2 aromatic rings. The molecule has 2 atom stereocenters. The number of aromatic amines is 1. The van der Waals surface area contributed by atoms with Gasteiger partial charge in [-0.25, -0.2) is 4.98 Å². The van der Waals surface area contributed by atoms with Gasteiger partial charge in [-0.2, -0.15) is 0 Å². The number of piperidine rings is 1. The van der Waals surface area contributed by atoms with E-state index in [4.69, 9.17) is 5.73 Å². The second-order valence-electron chi connectivity index (χ2n) is 6.08. The van der Waals surface area contributed by atoms with E-state index in [1.807, 2.05) is 18.2 Å². The third kappa shape index (κ3) is 2.66. The summed E-state index contributed by atoms with van der Waals surface area (Å²) in [6.45, 7) is 5.77. The maximum absolute atomic E-state index is 5.80. The fourth-order valence-corrected chi connectivity index (χ4v) is 3.35. The van der Waals surface area contributed by atoms with Crippen molar-refractivity contribution in [2.45, 2.75) is 51.6 Å². The van der Waals surface area contributed by atoms with Gasteiger partial charge in [0.25, 0.3) is 0 Å². The van der Waals surface area contributed by atoms with Gasteiger partial charge in [0.2, 0.25) is 0 Å². The quantitative estimate of drug-likeness (QED) is 0.845. The van der Waals surface area contributed by atoms with Crippen molar-refractivity contribution in [3.8, 4) is 0 Å². The lowest BCUT2D eigenvalue weighted by Crippen LogP contribution is -2.44. The van der Waals surface area contributed by atoms with E-state index in [0.29, 0.717) is 12.1 Å². The van der Waals surface area contributed by atoms with Gasteiger partial charge in [0.05, 0.1) is 11.0 Å². The van der Waals surface area contributed by atoms with E-state index in [1.54, 1.807) is 0 Å². The van der Waals surface area contributed by atoms with Gasteiger partial charge < -0.3 is 10.7 Å². The minimum absolute atomic E-state index is 0.693. The average Bonchev–Trinajstić information content (AvgIpc) is 2.80. The Hall–Kier alpha value is -1.55. The summed E-state index contributed by atoms with van der Waals surface area (Å²) < 4.78 is 0. The molecule has 1 fully saturated rings. The monoisotopic (exact) mass is 272 g/mol. The molecular formula is C16H24N4. The molecule has 4 heteroatoms. The normalized spacial score (nSPS) is 24.3. The van der Waals surface area contributed by atoms with Crippen LogP contribution < -0.4 is 5.73 Å². The van der Waals surface area contributed by atoms with Crippen LogP contribution in [0.3, 0.4) is 0 Å². The van der Waals surface area contributed by atoms with E-state index in [1.165, 1.54) is 19.3 Å². The van der Waals surface area contributed by atoms with Crippen LogP contribution in [0.5, 0.6) is 0 Å². The van der Waals surface area contributed by atoms with Crippen molar-refractivity contribution in [1.82, 2.24) is 14.9 Å². The van der Waals surface area contributed by atoms with Crippen molar-refractivity contribution in [3.63, 3.8) is 0 Å². The summed E-state index contributed by atoms with van der Waals surface area (Å²) in [7, 11) is 0. The van der Waals surface area contributed by atoms with Gasteiger partial charge in [-0.15, -0.1) is 0 Å². The van der Waals surface area contributed by atoms with Crippen molar-refractivity contribution in [2.75, 3.05) is 12.3 Å². The molecule has 1 saturated heterocycles. The average molecular weight is 272 g/mol. The number of imidazole rings is 1. The Kier molecular flexibility index (Phi) is 3.66. The van der Waals surface area contributed by atoms with Gasteiger partial charge >= 0.3 is 0 Å². The standard InChI is InChI=1S/C16H24N4/c1-11-4-3-5-12(2)20(11)9-8-16-18-14-7-6-13(17)10-15(14)19-16/h6-7,10-12H,3-5,8-9,17H2,1-2H3,(H,18,19)/t11-,12+. The second kappa shape index (κ2) is 5.44. The summed E-state index contributed by atoms with van der Waals surface area (Å²) in [5, 5.41) is 0. The van der Waals surface area contributed by atoms with Crippen LogP contribution in [0.15, 0.2) is 18.2 Å². The van der Waals surface area contributed by atoms with Gasteiger partial charge in [-0.1, -0.05) is 6.42 Å². The summed E-state index contributed by atoms with van der Waals surface area (Å²) in [5.41, 5.74) is 8.64. The molecular weight excluding hydrogens is 248 g/mol. The molecule has 3 N–H and O–H groups in total. The molecule has 1 aromatic heterocycles. The fraction of sp³-hybridized carbons (Fsp3) is 0.562. The van der Waals surface area contributed by atoms with Crippen LogP contribution >= 0.6 is 0 Å². The third-order valence-corrected chi connectivity index (χ3v) is 4.54. The van der Waals surface area contributed by atoms with Crippen LogP contribution in [0.4, 0.5) is 5.69 Å². The zero-order chi connectivity index (χ0) is 14.1. The number of H-pyrrole nitrogens is 1. The first kappa shape index (κ1) is 13.4. The van der Waals surface area contributed by atoms with Gasteiger partial charge in [0, 0.05) is 30.7 Å². The Morgan fingerprint density at radius 1 is 1.30 bits per heavy atom. The molecule has 0 bridgehead atoms. The lowest BCUT2D eigenvalue weighted by Gasteiger charge is -2.38. The number of aromatic nitrogens is 2. The van der Waals surface area contributed by atoms with Crippen molar-refractivity contribution in [1.29, 1.82) is 0 Å². The number of nitrogens with two attached hydrogens (primary N) is 1. The van der Waals surface area contributed by atoms with Crippen LogP contribution in [0, 0.1) is 0 Å². The van der Waals surface area contributed by atoms with E-state index in [0.717, 1.165) is 35.5 Å². The summed E-state index contributed by atoms with van der Waals surface area (Å²) in [5.74, 6) is 1.07. The lowest BCUT2D eigenvalue weighted by molar-refractivity contribution is 0.104. The maximum atomic E-state index is 5.80. The van der Waals surface area contributed by atoms with Gasteiger partial charge in [0.1, 0.15) is 5.82 Å². The third-order valence-electron chi connectivity index (χ3n) is 4.54. The first-order valence-corrected chi connectivity index (χ1v) is 7.63. The molecule has 1 aliphatic rings. The number of likely N-dealkylation sites (tertiary alicyclic amines) is 1. The Morgan fingerprint density at radius 2 is 2.05 bits per heavy atom. The van der Waals surface area contributed by atoms with E-state index in [-0.39, 0.29) is 0 Å². The number of nitrogens with zero attached hydrogens (tertiary/aromatic N) is 2. The number of nitrogens with one attached hydrogen (secondary N) is 1. The molecule has 20 heavy (non-hydrogen) atoms. The number of anilines is 1. The number of nitrogen functional groups attached to an aromatic ring is 1. The molecule has 1 aromatic carbocycles. The van der Waals surface area contributed by atoms with Gasteiger partial charge in [0.15, 0.2) is 0 Å².